The Balaban J connectivity index is 1.73. The topological polar surface area (TPSA) is 12.0 Å². The van der Waals surface area contributed by atoms with Crippen LogP contribution in [0, 0.1) is 0 Å². The molecule has 2 heterocycles. The van der Waals surface area contributed by atoms with E-state index >= 15 is 0 Å². The second-order valence-corrected chi connectivity index (χ2v) is 6.36. The SMILES string of the molecule is c1ccc2c(C[C@@H]3NCCc4ccsc43)cccc2c1. The number of rotatable bonds is 2. The van der Waals surface area contributed by atoms with Gasteiger partial charge < -0.3 is 5.32 Å². The summed E-state index contributed by atoms with van der Waals surface area (Å²) in [6.07, 6.45) is 2.25. The molecule has 20 heavy (non-hydrogen) atoms. The molecule has 4 rings (SSSR count). The molecule has 1 nitrogen and oxygen atoms in total. The Hall–Kier alpha value is -1.64. The molecule has 0 amide bonds. The van der Waals surface area contributed by atoms with Crippen LogP contribution in [0.3, 0.4) is 0 Å². The van der Waals surface area contributed by atoms with E-state index in [1.807, 2.05) is 11.3 Å². The van der Waals surface area contributed by atoms with Crippen molar-refractivity contribution in [2.45, 2.75) is 18.9 Å². The largest absolute Gasteiger partial charge is 0.309 e. The van der Waals surface area contributed by atoms with Gasteiger partial charge in [0.05, 0.1) is 0 Å². The molecule has 0 saturated heterocycles. The van der Waals surface area contributed by atoms with Gasteiger partial charge in [0.25, 0.3) is 0 Å². The van der Waals surface area contributed by atoms with Crippen LogP contribution in [0.15, 0.2) is 53.9 Å². The van der Waals surface area contributed by atoms with E-state index in [-0.39, 0.29) is 0 Å². The zero-order valence-electron chi connectivity index (χ0n) is 11.3. The first-order valence-electron chi connectivity index (χ1n) is 7.18. The van der Waals surface area contributed by atoms with E-state index in [1.54, 1.807) is 5.56 Å². The van der Waals surface area contributed by atoms with Crippen molar-refractivity contribution in [2.75, 3.05) is 6.54 Å². The molecule has 1 N–H and O–H groups in total. The first-order chi connectivity index (χ1) is 9.92. The molecule has 0 fully saturated rings. The predicted molar refractivity (Wildman–Crippen MR) is 86.4 cm³/mol. The Kier molecular flexibility index (Phi) is 3.06. The van der Waals surface area contributed by atoms with Gasteiger partial charge in [-0.25, -0.2) is 0 Å². The van der Waals surface area contributed by atoms with Crippen molar-refractivity contribution >= 4 is 22.1 Å². The molecule has 2 aromatic carbocycles. The molecule has 0 radical (unpaired) electrons. The van der Waals surface area contributed by atoms with Crippen LogP contribution >= 0.6 is 11.3 Å². The van der Waals surface area contributed by atoms with Crippen molar-refractivity contribution in [3.63, 3.8) is 0 Å². The lowest BCUT2D eigenvalue weighted by molar-refractivity contribution is 0.513. The number of benzene rings is 2. The van der Waals surface area contributed by atoms with Crippen LogP contribution < -0.4 is 5.32 Å². The molecular weight excluding hydrogens is 262 g/mol. The Labute approximate surface area is 123 Å². The highest BCUT2D eigenvalue weighted by Gasteiger charge is 2.21. The number of thiophene rings is 1. The smallest absolute Gasteiger partial charge is 0.0458 e. The van der Waals surface area contributed by atoms with Crippen LogP contribution in [0.5, 0.6) is 0 Å². The molecular formula is C18H17NS. The van der Waals surface area contributed by atoms with Gasteiger partial charge in [-0.1, -0.05) is 42.5 Å². The summed E-state index contributed by atoms with van der Waals surface area (Å²) in [4.78, 5) is 1.53. The molecule has 2 heteroatoms. The zero-order chi connectivity index (χ0) is 13.4. The van der Waals surface area contributed by atoms with Crippen molar-refractivity contribution in [1.29, 1.82) is 0 Å². The fourth-order valence-corrected chi connectivity index (χ4v) is 4.22. The van der Waals surface area contributed by atoms with Gasteiger partial charge in [0.2, 0.25) is 0 Å². The fraction of sp³-hybridized carbons (Fsp3) is 0.222. The molecule has 1 aliphatic rings. The summed E-state index contributed by atoms with van der Waals surface area (Å²) in [5.41, 5.74) is 2.99. The Morgan fingerprint density at radius 3 is 2.95 bits per heavy atom. The van der Waals surface area contributed by atoms with Crippen LogP contribution in [-0.2, 0) is 12.8 Å². The van der Waals surface area contributed by atoms with Gasteiger partial charge in [-0.3, -0.25) is 0 Å². The number of fused-ring (bicyclic) bond motifs is 2. The van der Waals surface area contributed by atoms with Crippen molar-refractivity contribution in [3.05, 3.63) is 69.9 Å². The average Bonchev–Trinajstić information content (AvgIpc) is 2.97. The molecule has 3 aromatic rings. The monoisotopic (exact) mass is 279 g/mol. The van der Waals surface area contributed by atoms with E-state index in [4.69, 9.17) is 0 Å². The molecule has 0 aliphatic carbocycles. The summed E-state index contributed by atoms with van der Waals surface area (Å²) >= 11 is 1.90. The minimum Gasteiger partial charge on any atom is -0.309 e. The molecule has 1 aliphatic heterocycles. The Morgan fingerprint density at radius 2 is 1.95 bits per heavy atom. The second kappa shape index (κ2) is 5.04. The number of nitrogens with one attached hydrogen (secondary N) is 1. The third-order valence-electron chi connectivity index (χ3n) is 4.19. The lowest BCUT2D eigenvalue weighted by Gasteiger charge is -2.24. The first-order valence-corrected chi connectivity index (χ1v) is 8.06. The maximum Gasteiger partial charge on any atom is 0.0458 e. The van der Waals surface area contributed by atoms with E-state index in [1.165, 1.54) is 27.6 Å². The Bertz CT molecular complexity index is 739. The number of hydrogen-bond acceptors (Lipinski definition) is 2. The maximum absolute atomic E-state index is 3.68. The lowest BCUT2D eigenvalue weighted by Crippen LogP contribution is -2.29. The first kappa shape index (κ1) is 12.1. The van der Waals surface area contributed by atoms with Crippen molar-refractivity contribution in [3.8, 4) is 0 Å². The van der Waals surface area contributed by atoms with E-state index in [0.29, 0.717) is 6.04 Å². The van der Waals surface area contributed by atoms with Crippen LogP contribution in [0.4, 0.5) is 0 Å². The van der Waals surface area contributed by atoms with Crippen molar-refractivity contribution in [1.82, 2.24) is 5.32 Å². The highest BCUT2D eigenvalue weighted by atomic mass is 32.1. The summed E-state index contributed by atoms with van der Waals surface area (Å²) in [6, 6.07) is 18.1. The van der Waals surface area contributed by atoms with Gasteiger partial charge in [0.1, 0.15) is 0 Å². The van der Waals surface area contributed by atoms with Crippen LogP contribution in [0.1, 0.15) is 22.0 Å². The van der Waals surface area contributed by atoms with Crippen molar-refractivity contribution < 1.29 is 0 Å². The van der Waals surface area contributed by atoms with Gasteiger partial charge in [-0.2, -0.15) is 0 Å². The summed E-state index contributed by atoms with van der Waals surface area (Å²) in [7, 11) is 0. The molecule has 1 atom stereocenters. The minimum absolute atomic E-state index is 0.476. The van der Waals surface area contributed by atoms with Gasteiger partial charge in [0.15, 0.2) is 0 Å². The third-order valence-corrected chi connectivity index (χ3v) is 5.26. The van der Waals surface area contributed by atoms with Gasteiger partial charge in [0, 0.05) is 10.9 Å². The quantitative estimate of drug-likeness (QED) is 0.736. The molecule has 100 valence electrons. The van der Waals surface area contributed by atoms with Gasteiger partial charge >= 0.3 is 0 Å². The molecule has 0 spiro atoms. The van der Waals surface area contributed by atoms with Crippen LogP contribution in [-0.4, -0.2) is 6.54 Å². The van der Waals surface area contributed by atoms with E-state index in [0.717, 1.165) is 13.0 Å². The summed E-state index contributed by atoms with van der Waals surface area (Å²) in [5.74, 6) is 0. The standard InChI is InChI=1S/C18H17NS/c1-2-7-16-13(4-1)5-3-6-15(16)12-17-18-14(8-10-19-17)9-11-20-18/h1-7,9,11,17,19H,8,10,12H2/t17-/m0/s1. The maximum atomic E-state index is 3.68. The zero-order valence-corrected chi connectivity index (χ0v) is 12.1. The molecule has 0 unspecified atom stereocenters. The van der Waals surface area contributed by atoms with E-state index in [2.05, 4.69) is 59.2 Å². The molecule has 0 saturated carbocycles. The summed E-state index contributed by atoms with van der Waals surface area (Å²) in [6.45, 7) is 1.10. The van der Waals surface area contributed by atoms with E-state index in [9.17, 15) is 0 Å². The van der Waals surface area contributed by atoms with E-state index < -0.39 is 0 Å². The van der Waals surface area contributed by atoms with Gasteiger partial charge in [-0.15, -0.1) is 11.3 Å². The average molecular weight is 279 g/mol. The highest BCUT2D eigenvalue weighted by Crippen LogP contribution is 2.32. The van der Waals surface area contributed by atoms with Crippen LogP contribution in [0.2, 0.25) is 0 Å². The normalized spacial score (nSPS) is 18.1. The fourth-order valence-electron chi connectivity index (χ4n) is 3.19. The Morgan fingerprint density at radius 1 is 1.05 bits per heavy atom. The predicted octanol–water partition coefficient (Wildman–Crippen LogP) is 4.33. The second-order valence-electron chi connectivity index (χ2n) is 5.41. The minimum atomic E-state index is 0.476. The van der Waals surface area contributed by atoms with Crippen molar-refractivity contribution in [2.24, 2.45) is 0 Å². The van der Waals surface area contributed by atoms with Gasteiger partial charge in [-0.05, 0) is 52.7 Å². The third kappa shape index (κ3) is 2.05. The molecule has 1 aromatic heterocycles. The summed E-state index contributed by atoms with van der Waals surface area (Å²) < 4.78 is 0. The lowest BCUT2D eigenvalue weighted by atomic mass is 9.94. The summed E-state index contributed by atoms with van der Waals surface area (Å²) in [5, 5.41) is 8.64. The van der Waals surface area contributed by atoms with Crippen LogP contribution in [0.25, 0.3) is 10.8 Å². The molecule has 0 bridgehead atoms. The number of hydrogen-bond donors (Lipinski definition) is 1. The highest BCUT2D eigenvalue weighted by molar-refractivity contribution is 7.10.